The van der Waals surface area contributed by atoms with E-state index in [1.165, 1.54) is 25.5 Å². The van der Waals surface area contributed by atoms with Gasteiger partial charge in [0, 0.05) is 22.7 Å². The molecular formula is C18H22Cl2N2O3. The van der Waals surface area contributed by atoms with Crippen LogP contribution in [0.3, 0.4) is 0 Å². The van der Waals surface area contributed by atoms with Gasteiger partial charge in [-0.3, -0.25) is 0 Å². The van der Waals surface area contributed by atoms with E-state index in [0.29, 0.717) is 34.5 Å². The Labute approximate surface area is 157 Å². The van der Waals surface area contributed by atoms with Gasteiger partial charge in [0.1, 0.15) is 25.1 Å². The molecule has 136 valence electrons. The first-order valence-electron chi connectivity index (χ1n) is 8.50. The number of likely N-dealkylation sites (tertiary alicyclic amines) is 1. The second-order valence-corrected chi connectivity index (χ2v) is 7.13. The summed E-state index contributed by atoms with van der Waals surface area (Å²) in [6.45, 7) is 3.18. The molecule has 2 aliphatic rings. The Balaban J connectivity index is 1.51. The van der Waals surface area contributed by atoms with Crippen LogP contribution in [0.2, 0.25) is 5.02 Å². The van der Waals surface area contributed by atoms with Crippen LogP contribution in [-0.2, 0) is 4.84 Å². The SMILES string of the molecule is O[C@@H](CO/N=C\C1=C(Cl)c2cc(Cl)ccc2OC1)CN1CCCCC1. The van der Waals surface area contributed by atoms with E-state index in [0.717, 1.165) is 18.7 Å². The van der Waals surface area contributed by atoms with Crippen LogP contribution in [0.4, 0.5) is 0 Å². The number of hydrogen-bond donors (Lipinski definition) is 1. The molecule has 1 atom stereocenters. The summed E-state index contributed by atoms with van der Waals surface area (Å²) in [4.78, 5) is 7.48. The van der Waals surface area contributed by atoms with Gasteiger partial charge in [-0.1, -0.05) is 34.8 Å². The van der Waals surface area contributed by atoms with Gasteiger partial charge in [-0.05, 0) is 44.1 Å². The lowest BCUT2D eigenvalue weighted by Gasteiger charge is -2.27. The lowest BCUT2D eigenvalue weighted by molar-refractivity contribution is 0.0163. The maximum atomic E-state index is 10.0. The third kappa shape index (κ3) is 5.11. The molecule has 1 N–H and O–H groups in total. The Kier molecular flexibility index (Phi) is 6.59. The molecule has 5 nitrogen and oxygen atoms in total. The fourth-order valence-electron chi connectivity index (χ4n) is 3.01. The van der Waals surface area contributed by atoms with Crippen LogP contribution in [0.25, 0.3) is 5.03 Å². The molecule has 1 aromatic rings. The van der Waals surface area contributed by atoms with Gasteiger partial charge in [0.2, 0.25) is 0 Å². The van der Waals surface area contributed by atoms with Crippen molar-refractivity contribution >= 4 is 34.4 Å². The molecule has 0 unspecified atom stereocenters. The normalized spacial score (nSPS) is 19.6. The van der Waals surface area contributed by atoms with Crippen molar-refractivity contribution in [2.45, 2.75) is 25.4 Å². The molecular weight excluding hydrogens is 363 g/mol. The molecule has 7 heteroatoms. The first-order valence-corrected chi connectivity index (χ1v) is 9.26. The third-order valence-corrected chi connectivity index (χ3v) is 4.99. The predicted molar refractivity (Wildman–Crippen MR) is 100 cm³/mol. The van der Waals surface area contributed by atoms with Crippen LogP contribution < -0.4 is 4.74 Å². The molecule has 0 radical (unpaired) electrons. The number of hydrogen-bond acceptors (Lipinski definition) is 5. The molecule has 25 heavy (non-hydrogen) atoms. The van der Waals surface area contributed by atoms with Crippen molar-refractivity contribution in [1.82, 2.24) is 4.90 Å². The Morgan fingerprint density at radius 1 is 1.28 bits per heavy atom. The molecule has 1 saturated heterocycles. The quantitative estimate of drug-likeness (QED) is 0.601. The zero-order valence-corrected chi connectivity index (χ0v) is 15.5. The lowest BCUT2D eigenvalue weighted by Crippen LogP contribution is -2.37. The van der Waals surface area contributed by atoms with Gasteiger partial charge in [-0.2, -0.15) is 0 Å². The molecule has 2 heterocycles. The first kappa shape index (κ1) is 18.5. The highest BCUT2D eigenvalue weighted by atomic mass is 35.5. The number of ether oxygens (including phenoxy) is 1. The number of fused-ring (bicyclic) bond motifs is 1. The fourth-order valence-corrected chi connectivity index (χ4v) is 3.43. The number of halogens is 2. The first-order chi connectivity index (χ1) is 12.1. The molecule has 0 aromatic heterocycles. The van der Waals surface area contributed by atoms with Gasteiger partial charge in [0.15, 0.2) is 0 Å². The zero-order valence-electron chi connectivity index (χ0n) is 14.0. The number of aliphatic hydroxyl groups excluding tert-OH is 1. The third-order valence-electron chi connectivity index (χ3n) is 4.31. The van der Waals surface area contributed by atoms with Crippen molar-refractivity contribution in [2.75, 3.05) is 32.8 Å². The lowest BCUT2D eigenvalue weighted by atomic mass is 10.1. The van der Waals surface area contributed by atoms with Crippen molar-refractivity contribution in [3.05, 3.63) is 34.4 Å². The van der Waals surface area contributed by atoms with E-state index in [-0.39, 0.29) is 6.61 Å². The Morgan fingerprint density at radius 3 is 2.88 bits per heavy atom. The van der Waals surface area contributed by atoms with Crippen LogP contribution in [0, 0.1) is 0 Å². The summed E-state index contributed by atoms with van der Waals surface area (Å²) in [7, 11) is 0. The standard InChI is InChI=1S/C18H22Cl2N2O3/c19-14-4-5-17-16(8-14)18(20)13(11-24-17)9-21-25-12-15(23)10-22-6-2-1-3-7-22/h4-5,8-9,15,23H,1-3,6-7,10-12H2/b21-9-/t15-/m1/s1. The van der Waals surface area contributed by atoms with E-state index in [1.807, 2.05) is 0 Å². The highest BCUT2D eigenvalue weighted by Crippen LogP contribution is 2.36. The van der Waals surface area contributed by atoms with Gasteiger partial charge in [-0.15, -0.1) is 0 Å². The number of aliphatic hydroxyl groups is 1. The zero-order chi connectivity index (χ0) is 17.6. The van der Waals surface area contributed by atoms with Crippen LogP contribution in [-0.4, -0.2) is 55.2 Å². The molecule has 0 amide bonds. The van der Waals surface area contributed by atoms with Crippen molar-refractivity contribution in [3.63, 3.8) is 0 Å². The molecule has 1 aromatic carbocycles. The smallest absolute Gasteiger partial charge is 0.144 e. The number of rotatable bonds is 6. The molecule has 3 rings (SSSR count). The average Bonchev–Trinajstić information content (AvgIpc) is 2.62. The minimum absolute atomic E-state index is 0.154. The van der Waals surface area contributed by atoms with E-state index in [9.17, 15) is 5.11 Å². The molecule has 0 spiro atoms. The van der Waals surface area contributed by atoms with Gasteiger partial charge in [0.25, 0.3) is 0 Å². The Bertz CT molecular complexity index is 658. The highest BCUT2D eigenvalue weighted by molar-refractivity contribution is 6.51. The molecule has 0 bridgehead atoms. The minimum Gasteiger partial charge on any atom is -0.488 e. The van der Waals surface area contributed by atoms with Crippen LogP contribution in [0.5, 0.6) is 5.75 Å². The van der Waals surface area contributed by atoms with Gasteiger partial charge in [0.05, 0.1) is 11.2 Å². The summed E-state index contributed by atoms with van der Waals surface area (Å²) in [6.07, 6.45) is 4.65. The second kappa shape index (κ2) is 8.90. The van der Waals surface area contributed by atoms with Crippen molar-refractivity contribution in [1.29, 1.82) is 0 Å². The minimum atomic E-state index is -0.554. The molecule has 0 aliphatic carbocycles. The van der Waals surface area contributed by atoms with Gasteiger partial charge in [-0.25, -0.2) is 0 Å². The summed E-state index contributed by atoms with van der Waals surface area (Å²) in [5.74, 6) is 0.699. The van der Waals surface area contributed by atoms with E-state index in [4.69, 9.17) is 32.8 Å². The van der Waals surface area contributed by atoms with Crippen molar-refractivity contribution in [2.24, 2.45) is 5.16 Å². The van der Waals surface area contributed by atoms with Crippen molar-refractivity contribution in [3.8, 4) is 5.75 Å². The molecule has 2 aliphatic heterocycles. The largest absolute Gasteiger partial charge is 0.488 e. The summed E-state index contributed by atoms with van der Waals surface area (Å²) in [6, 6.07) is 5.31. The van der Waals surface area contributed by atoms with E-state index in [2.05, 4.69) is 10.1 Å². The number of oxime groups is 1. The average molecular weight is 385 g/mol. The van der Waals surface area contributed by atoms with Crippen molar-refractivity contribution < 1.29 is 14.7 Å². The van der Waals surface area contributed by atoms with Crippen LogP contribution >= 0.6 is 23.2 Å². The summed E-state index contributed by atoms with van der Waals surface area (Å²) in [5, 5.41) is 15.1. The molecule has 0 saturated carbocycles. The summed E-state index contributed by atoms with van der Waals surface area (Å²) < 4.78 is 5.64. The number of benzene rings is 1. The number of piperidine rings is 1. The Hall–Kier alpha value is -1.27. The second-order valence-electron chi connectivity index (χ2n) is 6.31. The van der Waals surface area contributed by atoms with Crippen LogP contribution in [0.1, 0.15) is 24.8 Å². The highest BCUT2D eigenvalue weighted by Gasteiger charge is 2.18. The predicted octanol–water partition coefficient (Wildman–Crippen LogP) is 3.53. The Morgan fingerprint density at radius 2 is 2.08 bits per heavy atom. The molecule has 1 fully saturated rings. The maximum Gasteiger partial charge on any atom is 0.144 e. The van der Waals surface area contributed by atoms with E-state index >= 15 is 0 Å². The summed E-state index contributed by atoms with van der Waals surface area (Å²) >= 11 is 12.4. The van der Waals surface area contributed by atoms with Gasteiger partial charge < -0.3 is 19.6 Å². The number of β-amino-alcohol motifs (C(OH)–C–C–N with tert-alkyl or cyclic N) is 1. The van der Waals surface area contributed by atoms with Crippen LogP contribution in [0.15, 0.2) is 28.9 Å². The fraction of sp³-hybridized carbons (Fsp3) is 0.500. The topological polar surface area (TPSA) is 54.3 Å². The van der Waals surface area contributed by atoms with E-state index < -0.39 is 6.10 Å². The number of nitrogens with zero attached hydrogens (tertiary/aromatic N) is 2. The monoisotopic (exact) mass is 384 g/mol. The van der Waals surface area contributed by atoms with E-state index in [1.54, 1.807) is 18.2 Å². The summed E-state index contributed by atoms with van der Waals surface area (Å²) in [5.41, 5.74) is 1.45. The maximum absolute atomic E-state index is 10.0. The van der Waals surface area contributed by atoms with Gasteiger partial charge >= 0.3 is 0 Å².